The molecule has 0 radical (unpaired) electrons. The molecule has 2 aromatic carbocycles. The third kappa shape index (κ3) is 6.21. The molecule has 1 unspecified atom stereocenters. The van der Waals surface area contributed by atoms with Gasteiger partial charge in [-0.3, -0.25) is 9.59 Å². The van der Waals surface area contributed by atoms with Crippen LogP contribution in [0, 0.1) is 0 Å². The molecule has 3 N–H and O–H groups in total. The number of carbonyl (C=O) groups is 2. The summed E-state index contributed by atoms with van der Waals surface area (Å²) in [5.41, 5.74) is 0.627. The van der Waals surface area contributed by atoms with Gasteiger partial charge in [0, 0.05) is 12.2 Å². The standard InChI is InChI=1S/C18H17F3N2O4/c1-11(27-15-8-6-14(24)7-9-15)16(25)22-10-12-2-4-13(5-3-12)23-17(26)18(19,20)21/h2-9,11,24H,10H2,1H3,(H,22,25)(H,23,26). The quantitative estimate of drug-likeness (QED) is 0.717. The predicted molar refractivity (Wildman–Crippen MR) is 91.2 cm³/mol. The first-order chi connectivity index (χ1) is 12.6. The molecule has 0 fully saturated rings. The van der Waals surface area contributed by atoms with Gasteiger partial charge >= 0.3 is 12.1 Å². The number of halogens is 3. The van der Waals surface area contributed by atoms with Gasteiger partial charge in [-0.1, -0.05) is 12.1 Å². The number of ether oxygens (including phenoxy) is 1. The maximum Gasteiger partial charge on any atom is 0.471 e. The number of hydrogen-bond acceptors (Lipinski definition) is 4. The number of benzene rings is 2. The summed E-state index contributed by atoms with van der Waals surface area (Å²) in [5, 5.41) is 13.6. The second-order valence-corrected chi connectivity index (χ2v) is 5.62. The van der Waals surface area contributed by atoms with Crippen molar-refractivity contribution in [3.05, 3.63) is 54.1 Å². The Balaban J connectivity index is 1.84. The van der Waals surface area contributed by atoms with Gasteiger partial charge in [0.15, 0.2) is 6.10 Å². The fraction of sp³-hybridized carbons (Fsp3) is 0.222. The molecule has 0 aliphatic carbocycles. The normalized spacial score (nSPS) is 12.1. The Morgan fingerprint density at radius 2 is 1.67 bits per heavy atom. The molecule has 0 aliphatic heterocycles. The van der Waals surface area contributed by atoms with Crippen molar-refractivity contribution in [3.63, 3.8) is 0 Å². The lowest BCUT2D eigenvalue weighted by Crippen LogP contribution is -2.35. The van der Waals surface area contributed by atoms with Gasteiger partial charge in [-0.05, 0) is 48.9 Å². The van der Waals surface area contributed by atoms with Crippen molar-refractivity contribution in [1.29, 1.82) is 0 Å². The highest BCUT2D eigenvalue weighted by Crippen LogP contribution is 2.19. The molecule has 144 valence electrons. The molecule has 1 atom stereocenters. The number of carbonyl (C=O) groups excluding carboxylic acids is 2. The molecule has 2 rings (SSSR count). The first kappa shape index (κ1) is 20.1. The molecule has 0 aromatic heterocycles. The van der Waals surface area contributed by atoms with Crippen molar-refractivity contribution in [2.24, 2.45) is 0 Å². The van der Waals surface area contributed by atoms with E-state index in [4.69, 9.17) is 4.74 Å². The first-order valence-corrected chi connectivity index (χ1v) is 7.85. The molecule has 2 amide bonds. The van der Waals surface area contributed by atoms with Crippen molar-refractivity contribution < 1.29 is 32.6 Å². The smallest absolute Gasteiger partial charge is 0.471 e. The molecule has 0 aliphatic rings. The van der Waals surface area contributed by atoms with Gasteiger partial charge < -0.3 is 20.5 Å². The van der Waals surface area contributed by atoms with E-state index in [1.54, 1.807) is 12.2 Å². The molecular formula is C18H17F3N2O4. The van der Waals surface area contributed by atoms with Crippen LogP contribution in [0.2, 0.25) is 0 Å². The molecule has 6 nitrogen and oxygen atoms in total. The lowest BCUT2D eigenvalue weighted by molar-refractivity contribution is -0.167. The number of amides is 2. The average Bonchev–Trinajstić information content (AvgIpc) is 2.62. The van der Waals surface area contributed by atoms with Gasteiger partial charge in [0.05, 0.1) is 0 Å². The summed E-state index contributed by atoms with van der Waals surface area (Å²) in [6.45, 7) is 1.69. The highest BCUT2D eigenvalue weighted by atomic mass is 19.4. The van der Waals surface area contributed by atoms with E-state index in [1.165, 1.54) is 48.5 Å². The van der Waals surface area contributed by atoms with Gasteiger partial charge in [0.1, 0.15) is 11.5 Å². The number of anilines is 1. The summed E-state index contributed by atoms with van der Waals surface area (Å²) < 4.78 is 42.0. The van der Waals surface area contributed by atoms with Crippen LogP contribution in [-0.4, -0.2) is 29.2 Å². The van der Waals surface area contributed by atoms with Gasteiger partial charge in [-0.2, -0.15) is 13.2 Å². The Morgan fingerprint density at radius 3 is 2.22 bits per heavy atom. The third-order valence-electron chi connectivity index (χ3n) is 3.45. The van der Waals surface area contributed by atoms with Crippen LogP contribution >= 0.6 is 0 Å². The van der Waals surface area contributed by atoms with E-state index in [0.717, 1.165) is 0 Å². The highest BCUT2D eigenvalue weighted by molar-refractivity contribution is 5.94. The van der Waals surface area contributed by atoms with Crippen LogP contribution in [0.3, 0.4) is 0 Å². The van der Waals surface area contributed by atoms with Gasteiger partial charge in [-0.25, -0.2) is 0 Å². The van der Waals surface area contributed by atoms with Crippen LogP contribution in [0.4, 0.5) is 18.9 Å². The minimum atomic E-state index is -4.96. The van der Waals surface area contributed by atoms with Crippen molar-refractivity contribution in [3.8, 4) is 11.5 Å². The molecule has 2 aromatic rings. The molecule has 9 heteroatoms. The van der Waals surface area contributed by atoms with E-state index >= 15 is 0 Å². The third-order valence-corrected chi connectivity index (χ3v) is 3.45. The monoisotopic (exact) mass is 382 g/mol. The largest absolute Gasteiger partial charge is 0.508 e. The predicted octanol–water partition coefficient (Wildman–Crippen LogP) is 2.98. The zero-order valence-electron chi connectivity index (χ0n) is 14.2. The Kier molecular flexibility index (Phi) is 6.27. The summed E-state index contributed by atoms with van der Waals surface area (Å²) in [7, 11) is 0. The zero-order chi connectivity index (χ0) is 20.0. The van der Waals surface area contributed by atoms with Crippen LogP contribution in [0.1, 0.15) is 12.5 Å². The Morgan fingerprint density at radius 1 is 1.07 bits per heavy atom. The van der Waals surface area contributed by atoms with Crippen molar-refractivity contribution in [2.45, 2.75) is 25.7 Å². The van der Waals surface area contributed by atoms with E-state index in [2.05, 4.69) is 5.32 Å². The minimum absolute atomic E-state index is 0.00330. The molecule has 0 heterocycles. The molecule has 0 spiro atoms. The Hall–Kier alpha value is -3.23. The molecular weight excluding hydrogens is 365 g/mol. The number of phenolic OH excluding ortho intramolecular Hbond substituents is 1. The second-order valence-electron chi connectivity index (χ2n) is 5.62. The molecule has 27 heavy (non-hydrogen) atoms. The van der Waals surface area contributed by atoms with E-state index in [1.807, 2.05) is 0 Å². The maximum atomic E-state index is 12.2. The summed E-state index contributed by atoms with van der Waals surface area (Å²) in [5.74, 6) is -1.95. The maximum absolute atomic E-state index is 12.2. The fourth-order valence-corrected chi connectivity index (χ4v) is 2.02. The zero-order valence-corrected chi connectivity index (χ0v) is 14.2. The molecule has 0 saturated heterocycles. The number of rotatable bonds is 6. The van der Waals surface area contributed by atoms with Gasteiger partial charge in [-0.15, -0.1) is 0 Å². The van der Waals surface area contributed by atoms with E-state index in [0.29, 0.717) is 11.3 Å². The number of aromatic hydroxyl groups is 1. The number of alkyl halides is 3. The Labute approximate surface area is 153 Å². The van der Waals surface area contributed by atoms with E-state index in [-0.39, 0.29) is 18.0 Å². The van der Waals surface area contributed by atoms with Crippen LogP contribution in [-0.2, 0) is 16.1 Å². The van der Waals surface area contributed by atoms with Gasteiger partial charge in [0.2, 0.25) is 0 Å². The summed E-state index contributed by atoms with van der Waals surface area (Å²) in [6.07, 6.45) is -5.75. The number of nitrogens with one attached hydrogen (secondary N) is 2. The summed E-state index contributed by atoms with van der Waals surface area (Å²) in [6, 6.07) is 11.5. The lowest BCUT2D eigenvalue weighted by Gasteiger charge is -2.15. The number of hydrogen-bond donors (Lipinski definition) is 3. The summed E-state index contributed by atoms with van der Waals surface area (Å²) in [4.78, 5) is 22.9. The molecule has 0 bridgehead atoms. The Bertz CT molecular complexity index is 790. The molecule has 0 saturated carbocycles. The second kappa shape index (κ2) is 8.43. The minimum Gasteiger partial charge on any atom is -0.508 e. The SMILES string of the molecule is CC(Oc1ccc(O)cc1)C(=O)NCc1ccc(NC(=O)C(F)(F)F)cc1. The van der Waals surface area contributed by atoms with E-state index < -0.39 is 24.1 Å². The van der Waals surface area contributed by atoms with Crippen LogP contribution in [0.15, 0.2) is 48.5 Å². The lowest BCUT2D eigenvalue weighted by atomic mass is 10.2. The van der Waals surface area contributed by atoms with Crippen molar-refractivity contribution in [2.75, 3.05) is 5.32 Å². The number of phenols is 1. The van der Waals surface area contributed by atoms with Gasteiger partial charge in [0.25, 0.3) is 5.91 Å². The van der Waals surface area contributed by atoms with Crippen molar-refractivity contribution >= 4 is 17.5 Å². The average molecular weight is 382 g/mol. The topological polar surface area (TPSA) is 87.7 Å². The van der Waals surface area contributed by atoms with Crippen molar-refractivity contribution in [1.82, 2.24) is 5.32 Å². The van der Waals surface area contributed by atoms with E-state index in [9.17, 15) is 27.9 Å². The van der Waals surface area contributed by atoms with Crippen LogP contribution < -0.4 is 15.4 Å². The van der Waals surface area contributed by atoms with Crippen LogP contribution in [0.5, 0.6) is 11.5 Å². The fourth-order valence-electron chi connectivity index (χ4n) is 2.02. The first-order valence-electron chi connectivity index (χ1n) is 7.85. The summed E-state index contributed by atoms with van der Waals surface area (Å²) >= 11 is 0. The highest BCUT2D eigenvalue weighted by Gasteiger charge is 2.38. The van der Waals surface area contributed by atoms with Crippen LogP contribution in [0.25, 0.3) is 0 Å².